The predicted molar refractivity (Wildman–Crippen MR) is 140 cm³/mol. The normalized spacial score (nSPS) is 12.6. The highest BCUT2D eigenvalue weighted by Crippen LogP contribution is 2.15. The van der Waals surface area contributed by atoms with E-state index in [1.165, 1.54) is 35.6 Å². The second-order valence-electron chi connectivity index (χ2n) is 8.59. The Morgan fingerprint density at radius 3 is 2.76 bits per heavy atom. The molecule has 3 rings (SSSR count). The first kappa shape index (κ1) is 26.9. The molecule has 0 aliphatic heterocycles. The molecule has 0 saturated heterocycles. The van der Waals surface area contributed by atoms with Crippen molar-refractivity contribution < 1.29 is 9.72 Å². The summed E-state index contributed by atoms with van der Waals surface area (Å²) in [4.78, 5) is 46.1. The second kappa shape index (κ2) is 11.9. The fourth-order valence-electron chi connectivity index (χ4n) is 4.01. The smallest absolute Gasteiger partial charge is 0.268 e. The molecule has 0 unspecified atom stereocenters. The van der Waals surface area contributed by atoms with Gasteiger partial charge >= 0.3 is 0 Å². The number of amides is 1. The Morgan fingerprint density at radius 2 is 2.11 bits per heavy atom. The van der Waals surface area contributed by atoms with Gasteiger partial charge in [-0.05, 0) is 38.0 Å². The molecule has 0 saturated carbocycles. The van der Waals surface area contributed by atoms with E-state index in [-0.39, 0.29) is 39.7 Å². The number of carbonyl (C=O) groups excluding carboxylic acids is 1. The molecule has 10 nitrogen and oxygen atoms in total. The van der Waals surface area contributed by atoms with Crippen LogP contribution in [0.25, 0.3) is 16.7 Å². The third kappa shape index (κ3) is 5.78. The Bertz CT molecular complexity index is 1630. The molecule has 0 bridgehead atoms. The summed E-state index contributed by atoms with van der Waals surface area (Å²) in [5, 5.41) is 21.6. The van der Waals surface area contributed by atoms with Crippen LogP contribution in [-0.4, -0.2) is 24.8 Å². The quantitative estimate of drug-likeness (QED) is 0.142. The Hall–Kier alpha value is -4.65. The molecule has 37 heavy (non-hydrogen) atoms. The summed E-state index contributed by atoms with van der Waals surface area (Å²) in [6.45, 7) is 9.26. The molecule has 0 aliphatic carbocycles. The highest BCUT2D eigenvalue weighted by molar-refractivity contribution is 5.81. The van der Waals surface area contributed by atoms with E-state index < -0.39 is 10.8 Å². The van der Waals surface area contributed by atoms with Crippen LogP contribution in [0.15, 0.2) is 70.3 Å². The maximum atomic E-state index is 13.3. The number of unbranched alkanes of at least 4 members (excludes halogenated alkanes) is 2. The predicted octanol–water partition coefficient (Wildman–Crippen LogP) is 4.13. The van der Waals surface area contributed by atoms with Crippen LogP contribution in [-0.2, 0) is 11.3 Å². The summed E-state index contributed by atoms with van der Waals surface area (Å²) >= 11 is 0. The highest BCUT2D eigenvalue weighted by atomic mass is 16.6. The van der Waals surface area contributed by atoms with Crippen molar-refractivity contribution in [1.29, 1.82) is 5.26 Å². The summed E-state index contributed by atoms with van der Waals surface area (Å²) < 4.78 is 3.07. The van der Waals surface area contributed by atoms with Gasteiger partial charge < -0.3 is 4.57 Å². The van der Waals surface area contributed by atoms with Gasteiger partial charge in [-0.2, -0.15) is 10.3 Å². The van der Waals surface area contributed by atoms with E-state index in [2.05, 4.69) is 11.6 Å². The molecule has 3 heterocycles. The zero-order valence-electron chi connectivity index (χ0n) is 21.1. The van der Waals surface area contributed by atoms with E-state index in [1.54, 1.807) is 16.8 Å². The van der Waals surface area contributed by atoms with Crippen LogP contribution >= 0.6 is 0 Å². The molecule has 0 aliphatic rings. The molecular weight excluding hydrogens is 472 g/mol. The van der Waals surface area contributed by atoms with Crippen molar-refractivity contribution in [3.05, 3.63) is 97.6 Å². The van der Waals surface area contributed by atoms with Gasteiger partial charge in [-0.25, -0.2) is 4.98 Å². The van der Waals surface area contributed by atoms with E-state index in [9.17, 15) is 25.0 Å². The van der Waals surface area contributed by atoms with Crippen molar-refractivity contribution in [1.82, 2.24) is 14.0 Å². The number of carbonyl (C=O) groups is 1. The van der Waals surface area contributed by atoms with E-state index in [0.29, 0.717) is 24.3 Å². The number of nitro groups is 1. The third-order valence-electron chi connectivity index (χ3n) is 5.88. The second-order valence-corrected chi connectivity index (χ2v) is 8.59. The van der Waals surface area contributed by atoms with Gasteiger partial charge in [0.2, 0.25) is 0 Å². The van der Waals surface area contributed by atoms with Crippen LogP contribution in [0.3, 0.4) is 0 Å². The molecule has 190 valence electrons. The molecule has 0 aromatic carbocycles. The summed E-state index contributed by atoms with van der Waals surface area (Å²) in [6.07, 6.45) is 7.92. The lowest BCUT2D eigenvalue weighted by Crippen LogP contribution is -2.30. The zero-order valence-corrected chi connectivity index (χ0v) is 21.1. The topological polar surface area (TPSA) is 136 Å². The largest absolute Gasteiger partial charge is 0.309 e. The molecule has 0 spiro atoms. The van der Waals surface area contributed by atoms with E-state index in [1.807, 2.05) is 26.0 Å². The van der Waals surface area contributed by atoms with Crippen LogP contribution in [0.1, 0.15) is 50.7 Å². The number of hydrogen-bond acceptors (Lipinski definition) is 6. The van der Waals surface area contributed by atoms with Gasteiger partial charge in [0, 0.05) is 24.4 Å². The Morgan fingerprint density at radius 1 is 1.35 bits per heavy atom. The average Bonchev–Trinajstić information content (AvgIpc) is 2.86. The van der Waals surface area contributed by atoms with E-state index >= 15 is 0 Å². The Labute approximate surface area is 213 Å². The van der Waals surface area contributed by atoms with Crippen LogP contribution in [0.2, 0.25) is 0 Å². The highest BCUT2D eigenvalue weighted by Gasteiger charge is 2.18. The number of allylic oxidation sites excluding steroid dienone is 3. The minimum atomic E-state index is -0.655. The Kier molecular flexibility index (Phi) is 8.64. The lowest BCUT2D eigenvalue weighted by molar-refractivity contribution is -0.420. The molecular formula is C27H28N6O4. The third-order valence-corrected chi connectivity index (χ3v) is 5.88. The maximum Gasteiger partial charge on any atom is 0.268 e. The average molecular weight is 501 g/mol. The first-order chi connectivity index (χ1) is 17.7. The molecule has 3 aromatic rings. The van der Waals surface area contributed by atoms with Crippen molar-refractivity contribution in [2.24, 2.45) is 4.99 Å². The van der Waals surface area contributed by atoms with Gasteiger partial charge in [0.25, 0.3) is 17.2 Å². The number of rotatable bonds is 9. The van der Waals surface area contributed by atoms with Gasteiger partial charge in [0.05, 0.1) is 22.3 Å². The molecule has 0 atom stereocenters. The van der Waals surface area contributed by atoms with Crippen molar-refractivity contribution >= 4 is 22.6 Å². The van der Waals surface area contributed by atoms with Crippen molar-refractivity contribution in [3.8, 4) is 6.07 Å². The first-order valence-electron chi connectivity index (χ1n) is 11.9. The minimum Gasteiger partial charge on any atom is -0.309 e. The molecule has 1 amide bonds. The monoisotopic (exact) mass is 500 g/mol. The van der Waals surface area contributed by atoms with Crippen molar-refractivity contribution in [2.45, 2.75) is 53.0 Å². The lowest BCUT2D eigenvalue weighted by atomic mass is 10.1. The summed E-state index contributed by atoms with van der Waals surface area (Å²) in [7, 11) is 0. The number of nitriles is 1. The maximum absolute atomic E-state index is 13.3. The summed E-state index contributed by atoms with van der Waals surface area (Å²) in [5.41, 5.74) is 1.38. The minimum absolute atomic E-state index is 0.0477. The fourth-order valence-corrected chi connectivity index (χ4v) is 4.01. The fraction of sp³-hybridized carbons (Fsp3) is 0.296. The number of fused-ring (bicyclic) bond motifs is 2. The number of nitrogens with zero attached hydrogens (tertiary/aromatic N) is 6. The number of aromatic nitrogens is 3. The molecule has 0 N–H and O–H groups in total. The van der Waals surface area contributed by atoms with Crippen LogP contribution in [0, 0.1) is 28.4 Å². The van der Waals surface area contributed by atoms with Gasteiger partial charge in [0.15, 0.2) is 5.49 Å². The molecule has 0 radical (unpaired) electrons. The van der Waals surface area contributed by atoms with Crippen LogP contribution in [0.4, 0.5) is 0 Å². The molecule has 10 heteroatoms. The van der Waals surface area contributed by atoms with Crippen LogP contribution in [0.5, 0.6) is 0 Å². The Balaban J connectivity index is 2.30. The number of pyridine rings is 2. The van der Waals surface area contributed by atoms with E-state index in [4.69, 9.17) is 4.98 Å². The van der Waals surface area contributed by atoms with Crippen molar-refractivity contribution in [2.75, 3.05) is 0 Å². The van der Waals surface area contributed by atoms with Gasteiger partial charge in [-0.1, -0.05) is 44.6 Å². The standard InChI is InChI=1S/C27H28N6O4/c1-5-7-9-13-31-25(29-23(34)15-19(4)22(33(36)37)12-8-6-2)20(17-28)16-21-26(31)30-24-18(3)11-10-14-32(24)27(21)35/h6,8,10-12,14,16H,2,5,7,9,13,15H2,1,3-4H3/b12-8+,22-19-,29-25?. The summed E-state index contributed by atoms with van der Waals surface area (Å²) in [5.74, 6) is -0.655. The van der Waals surface area contributed by atoms with Gasteiger partial charge in [0.1, 0.15) is 17.4 Å². The number of hydrogen-bond donors (Lipinski definition) is 0. The SMILES string of the molecule is C=C/C=C/C(=C(\C)CC(=O)N=c1c(C#N)cc2c(=O)n3cccc(C)c3nc2n1CCCCC)[N+](=O)[O-]. The first-order valence-corrected chi connectivity index (χ1v) is 11.9. The molecule has 0 fully saturated rings. The van der Waals surface area contributed by atoms with Gasteiger partial charge in [-0.3, -0.25) is 24.1 Å². The summed E-state index contributed by atoms with van der Waals surface area (Å²) in [6, 6.07) is 7.04. The lowest BCUT2D eigenvalue weighted by Gasteiger charge is -2.14. The van der Waals surface area contributed by atoms with Crippen molar-refractivity contribution in [3.63, 3.8) is 0 Å². The van der Waals surface area contributed by atoms with Gasteiger partial charge in [-0.15, -0.1) is 0 Å². The van der Waals surface area contributed by atoms with E-state index in [0.717, 1.165) is 18.4 Å². The number of aryl methyl sites for hydroxylation is 2. The molecule has 3 aromatic heterocycles. The zero-order chi connectivity index (χ0) is 27.1. The van der Waals surface area contributed by atoms with Crippen LogP contribution < -0.4 is 11.0 Å².